The molecule has 3 aromatic carbocycles. The van der Waals surface area contributed by atoms with Gasteiger partial charge in [-0.25, -0.2) is 0 Å². The van der Waals surface area contributed by atoms with Gasteiger partial charge in [-0.2, -0.15) is 0 Å². The number of hydrogen-bond acceptors (Lipinski definition) is 2. The Morgan fingerprint density at radius 3 is 1.82 bits per heavy atom. The molecule has 1 aliphatic heterocycles. The van der Waals surface area contributed by atoms with Crippen LogP contribution in [0.25, 0.3) is 32.9 Å². The number of benzene rings is 3. The summed E-state index contributed by atoms with van der Waals surface area (Å²) >= 11 is 0. The summed E-state index contributed by atoms with van der Waals surface area (Å²) in [5.74, 6) is 0. The van der Waals surface area contributed by atoms with Crippen molar-refractivity contribution in [3.8, 4) is 11.4 Å². The minimum atomic E-state index is -0.372. The Morgan fingerprint density at radius 2 is 1.15 bits per heavy atom. The summed E-state index contributed by atoms with van der Waals surface area (Å²) in [5.41, 5.74) is 5.21. The Balaban J connectivity index is 1.75. The number of para-hydroxylation sites is 2. The van der Waals surface area contributed by atoms with Crippen LogP contribution in [0.5, 0.6) is 0 Å². The Bertz CT molecular complexity index is 1490. The van der Waals surface area contributed by atoms with Gasteiger partial charge < -0.3 is 9.97 Å². The number of hydrogen-bond donors (Lipinski definition) is 1. The Hall–Kier alpha value is -3.92. The molecule has 0 saturated heterocycles. The van der Waals surface area contributed by atoms with Gasteiger partial charge in [0.2, 0.25) is 0 Å². The van der Waals surface area contributed by atoms with Crippen LogP contribution in [0.2, 0.25) is 0 Å². The Labute approximate surface area is 199 Å². The fourth-order valence-electron chi connectivity index (χ4n) is 4.95. The average molecular weight is 444 g/mol. The third-order valence-corrected chi connectivity index (χ3v) is 6.80. The van der Waals surface area contributed by atoms with Gasteiger partial charge in [-0.1, -0.05) is 74.5 Å². The maximum absolute atomic E-state index is 5.27. The second-order valence-corrected chi connectivity index (χ2v) is 10.2. The molecule has 3 heterocycles. The second-order valence-electron chi connectivity index (χ2n) is 10.2. The van der Waals surface area contributed by atoms with Crippen LogP contribution >= 0.6 is 0 Å². The molecule has 4 bridgehead atoms. The summed E-state index contributed by atoms with van der Waals surface area (Å²) in [6.07, 6.45) is 4.04. The van der Waals surface area contributed by atoms with Crippen molar-refractivity contribution >= 4 is 45.3 Å². The zero-order valence-corrected chi connectivity index (χ0v) is 19.9. The smallest absolute Gasteiger partial charge is 0.0882 e. The molecule has 0 radical (unpaired) electrons. The monoisotopic (exact) mass is 443 g/mol. The largest absolute Gasteiger partial charge is 0.658 e. The highest BCUT2D eigenvalue weighted by Gasteiger charge is 2.26. The summed E-state index contributed by atoms with van der Waals surface area (Å²) in [7, 11) is 0. The van der Waals surface area contributed by atoms with Gasteiger partial charge in [0, 0.05) is 45.4 Å². The number of H-pyrrole nitrogens is 1. The van der Waals surface area contributed by atoms with Crippen molar-refractivity contribution in [2.45, 2.75) is 38.5 Å². The van der Waals surface area contributed by atoms with Gasteiger partial charge in [-0.3, -0.25) is 9.98 Å². The zero-order valence-electron chi connectivity index (χ0n) is 19.9. The van der Waals surface area contributed by atoms with E-state index in [1.165, 1.54) is 10.8 Å². The van der Waals surface area contributed by atoms with Crippen molar-refractivity contribution in [2.24, 2.45) is 9.98 Å². The first-order chi connectivity index (χ1) is 16.4. The van der Waals surface area contributed by atoms with Crippen molar-refractivity contribution in [3.05, 3.63) is 84.2 Å². The molecule has 0 amide bonds. The van der Waals surface area contributed by atoms with E-state index in [2.05, 4.69) is 81.2 Å². The molecule has 2 aromatic heterocycles. The standard InChI is InChI=1S/C30H27N4/c1-29(2)17-31-23-15-9-10-16-24(23)32-18-30(3,4)28-22-14-8-6-12-20(22)26(34-28)25-19-11-5-7-13-21(19)27(29)33-25/h5-18,33H,1-4H3/q-1. The summed E-state index contributed by atoms with van der Waals surface area (Å²) < 4.78 is 0. The molecule has 0 spiro atoms. The van der Waals surface area contributed by atoms with E-state index < -0.39 is 0 Å². The Morgan fingerprint density at radius 1 is 0.618 bits per heavy atom. The molecule has 6 rings (SSSR count). The van der Waals surface area contributed by atoms with Crippen molar-refractivity contribution in [1.29, 1.82) is 0 Å². The molecule has 4 heteroatoms. The summed E-state index contributed by atoms with van der Waals surface area (Å²) in [6, 6.07) is 25.1. The third-order valence-electron chi connectivity index (χ3n) is 6.80. The number of rotatable bonds is 0. The highest BCUT2D eigenvalue weighted by Crippen LogP contribution is 2.41. The average Bonchev–Trinajstić information content (AvgIpc) is 3.41. The molecule has 0 aliphatic carbocycles. The lowest BCUT2D eigenvalue weighted by molar-refractivity contribution is 0.711. The van der Waals surface area contributed by atoms with Gasteiger partial charge in [-0.05, 0) is 36.8 Å². The minimum Gasteiger partial charge on any atom is -0.658 e. The zero-order chi connectivity index (χ0) is 23.5. The second kappa shape index (κ2) is 7.29. The number of nitrogens with zero attached hydrogens (tertiary/aromatic N) is 3. The number of aliphatic imine (C=N–C) groups is 2. The molecule has 5 aromatic rings. The summed E-state index contributed by atoms with van der Waals surface area (Å²) in [6.45, 7) is 8.74. The van der Waals surface area contributed by atoms with E-state index in [0.717, 1.165) is 44.9 Å². The topological polar surface area (TPSA) is 54.6 Å². The molecular formula is C30H27N4-. The maximum Gasteiger partial charge on any atom is 0.0882 e. The number of aromatic amines is 1. The first-order valence-corrected chi connectivity index (χ1v) is 11.7. The minimum absolute atomic E-state index is 0.330. The molecule has 168 valence electrons. The van der Waals surface area contributed by atoms with Crippen molar-refractivity contribution in [1.82, 2.24) is 9.97 Å². The van der Waals surface area contributed by atoms with E-state index in [0.29, 0.717) is 0 Å². The lowest BCUT2D eigenvalue weighted by Crippen LogP contribution is -2.21. The highest BCUT2D eigenvalue weighted by atomic mass is 14.9. The normalized spacial score (nSPS) is 16.5. The van der Waals surface area contributed by atoms with Crippen LogP contribution in [0.3, 0.4) is 0 Å². The van der Waals surface area contributed by atoms with Crippen LogP contribution < -0.4 is 4.98 Å². The van der Waals surface area contributed by atoms with E-state index >= 15 is 0 Å². The first kappa shape index (κ1) is 20.7. The third kappa shape index (κ3) is 3.13. The number of aromatic nitrogens is 2. The van der Waals surface area contributed by atoms with Crippen LogP contribution in [0, 0.1) is 0 Å². The van der Waals surface area contributed by atoms with Crippen molar-refractivity contribution in [2.75, 3.05) is 0 Å². The van der Waals surface area contributed by atoms with Crippen LogP contribution in [0.15, 0.2) is 82.8 Å². The predicted octanol–water partition coefficient (Wildman–Crippen LogP) is 7.62. The molecule has 4 nitrogen and oxygen atoms in total. The summed E-state index contributed by atoms with van der Waals surface area (Å²) in [4.78, 5) is 18.9. The van der Waals surface area contributed by atoms with E-state index in [4.69, 9.17) is 15.0 Å². The molecular weight excluding hydrogens is 416 g/mol. The van der Waals surface area contributed by atoms with Gasteiger partial charge >= 0.3 is 0 Å². The lowest BCUT2D eigenvalue weighted by Gasteiger charge is -2.27. The predicted molar refractivity (Wildman–Crippen MR) is 143 cm³/mol. The van der Waals surface area contributed by atoms with E-state index in [1.807, 2.05) is 36.7 Å². The fourth-order valence-corrected chi connectivity index (χ4v) is 4.95. The van der Waals surface area contributed by atoms with Gasteiger partial charge in [0.05, 0.1) is 11.4 Å². The molecule has 1 aliphatic rings. The van der Waals surface area contributed by atoms with Crippen LogP contribution in [-0.4, -0.2) is 17.4 Å². The van der Waals surface area contributed by atoms with Gasteiger partial charge in [0.25, 0.3) is 0 Å². The van der Waals surface area contributed by atoms with Crippen LogP contribution in [-0.2, 0) is 10.8 Å². The van der Waals surface area contributed by atoms with E-state index in [-0.39, 0.29) is 10.8 Å². The van der Waals surface area contributed by atoms with Crippen LogP contribution in [0.4, 0.5) is 11.4 Å². The number of nitrogens with one attached hydrogen (secondary N) is 1. The van der Waals surface area contributed by atoms with Crippen LogP contribution in [0.1, 0.15) is 39.1 Å². The molecule has 0 fully saturated rings. The first-order valence-electron chi connectivity index (χ1n) is 11.7. The van der Waals surface area contributed by atoms with Gasteiger partial charge in [0.15, 0.2) is 0 Å². The highest BCUT2D eigenvalue weighted by molar-refractivity contribution is 6.07. The van der Waals surface area contributed by atoms with Gasteiger partial charge in [-0.15, -0.1) is 11.4 Å². The lowest BCUT2D eigenvalue weighted by atomic mass is 9.88. The van der Waals surface area contributed by atoms with Crippen molar-refractivity contribution < 1.29 is 0 Å². The van der Waals surface area contributed by atoms with Crippen molar-refractivity contribution in [3.63, 3.8) is 0 Å². The maximum atomic E-state index is 5.27. The fraction of sp³-hybridized carbons (Fsp3) is 0.200. The molecule has 0 saturated carbocycles. The van der Waals surface area contributed by atoms with Gasteiger partial charge in [0.1, 0.15) is 0 Å². The molecule has 1 N–H and O–H groups in total. The molecule has 0 unspecified atom stereocenters. The summed E-state index contributed by atoms with van der Waals surface area (Å²) in [5, 5.41) is 4.68. The van der Waals surface area contributed by atoms with E-state index in [1.54, 1.807) is 0 Å². The molecule has 0 atom stereocenters. The molecule has 34 heavy (non-hydrogen) atoms. The SMILES string of the molecule is CC1(C)C=Nc2ccccc2N=CC(C)(C)c2[nH]c(c3ccccc23)-c2[n-]c1c1ccccc21. The Kier molecular flexibility index (Phi) is 4.43. The number of fused-ring (bicyclic) bond motifs is 12. The van der Waals surface area contributed by atoms with E-state index in [9.17, 15) is 0 Å². The quantitative estimate of drug-likeness (QED) is 0.263.